The number of nitrogens with zero attached hydrogens (tertiary/aromatic N) is 2. The predicted molar refractivity (Wildman–Crippen MR) is 101 cm³/mol. The normalized spacial score (nSPS) is 16.6. The molecule has 0 saturated heterocycles. The lowest BCUT2D eigenvalue weighted by Crippen LogP contribution is -2.41. The van der Waals surface area contributed by atoms with Crippen LogP contribution in [0.2, 0.25) is 0 Å². The number of ether oxygens (including phenoxy) is 2. The van der Waals surface area contributed by atoms with Crippen LogP contribution in [-0.2, 0) is 4.74 Å². The van der Waals surface area contributed by atoms with E-state index in [1.54, 1.807) is 19.4 Å². The van der Waals surface area contributed by atoms with Crippen molar-refractivity contribution in [2.24, 2.45) is 10.9 Å². The van der Waals surface area contributed by atoms with Crippen LogP contribution in [-0.4, -0.2) is 50.4 Å². The summed E-state index contributed by atoms with van der Waals surface area (Å²) < 4.78 is 11.6. The molecule has 1 saturated carbocycles. The van der Waals surface area contributed by atoms with E-state index in [-0.39, 0.29) is 0 Å². The van der Waals surface area contributed by atoms with Crippen molar-refractivity contribution in [3.05, 3.63) is 24.5 Å². The fraction of sp³-hybridized carbons (Fsp3) is 0.684. The van der Waals surface area contributed by atoms with Gasteiger partial charge in [-0.15, -0.1) is 0 Å². The number of hydrogen-bond acceptors (Lipinski definition) is 4. The van der Waals surface area contributed by atoms with Crippen LogP contribution in [0.1, 0.15) is 39.0 Å². The SMILES string of the molecule is CCOC(CCNC(=NC)NCCOc1cccnc1)C1CCCC1. The summed E-state index contributed by atoms with van der Waals surface area (Å²) in [5.41, 5.74) is 0. The Balaban J connectivity index is 1.62. The van der Waals surface area contributed by atoms with Gasteiger partial charge in [0.1, 0.15) is 12.4 Å². The molecule has 1 aromatic rings. The summed E-state index contributed by atoms with van der Waals surface area (Å²) in [5, 5.41) is 6.64. The number of hydrogen-bond donors (Lipinski definition) is 2. The molecular weight excluding hydrogens is 316 g/mol. The molecule has 0 aromatic carbocycles. The minimum Gasteiger partial charge on any atom is -0.490 e. The summed E-state index contributed by atoms with van der Waals surface area (Å²) in [4.78, 5) is 8.28. The van der Waals surface area contributed by atoms with Crippen LogP contribution in [0.3, 0.4) is 0 Å². The molecule has 1 aromatic heterocycles. The molecule has 1 atom stereocenters. The molecule has 1 aliphatic carbocycles. The Morgan fingerprint density at radius 3 is 2.80 bits per heavy atom. The first-order valence-corrected chi connectivity index (χ1v) is 9.42. The van der Waals surface area contributed by atoms with Crippen molar-refractivity contribution in [2.45, 2.75) is 45.1 Å². The summed E-state index contributed by atoms with van der Waals surface area (Å²) in [6.45, 7) is 4.99. The third-order valence-corrected chi connectivity index (χ3v) is 4.55. The zero-order chi connectivity index (χ0) is 17.7. The maximum atomic E-state index is 5.96. The first-order chi connectivity index (χ1) is 12.3. The van der Waals surface area contributed by atoms with Crippen LogP contribution in [0, 0.1) is 5.92 Å². The van der Waals surface area contributed by atoms with E-state index in [1.807, 2.05) is 12.1 Å². The standard InChI is InChI=1S/C19H32N4O2/c1-3-24-18(16-7-4-5-8-16)10-12-22-19(20-2)23-13-14-25-17-9-6-11-21-15-17/h6,9,11,15-16,18H,3-5,7-8,10,12-14H2,1-2H3,(H2,20,22,23). The van der Waals surface area contributed by atoms with Gasteiger partial charge in [0.25, 0.3) is 0 Å². The van der Waals surface area contributed by atoms with E-state index in [0.717, 1.165) is 37.2 Å². The Morgan fingerprint density at radius 1 is 1.32 bits per heavy atom. The van der Waals surface area contributed by atoms with E-state index in [9.17, 15) is 0 Å². The van der Waals surface area contributed by atoms with Gasteiger partial charge in [0.2, 0.25) is 0 Å². The summed E-state index contributed by atoms with van der Waals surface area (Å²) in [5.74, 6) is 2.31. The molecule has 140 valence electrons. The van der Waals surface area contributed by atoms with Crippen LogP contribution < -0.4 is 15.4 Å². The maximum Gasteiger partial charge on any atom is 0.191 e. The van der Waals surface area contributed by atoms with Gasteiger partial charge >= 0.3 is 0 Å². The van der Waals surface area contributed by atoms with E-state index in [2.05, 4.69) is 27.5 Å². The molecule has 0 spiro atoms. The van der Waals surface area contributed by atoms with Crippen molar-refractivity contribution >= 4 is 5.96 Å². The molecule has 6 heteroatoms. The van der Waals surface area contributed by atoms with Crippen molar-refractivity contribution in [2.75, 3.05) is 33.4 Å². The van der Waals surface area contributed by atoms with Crippen molar-refractivity contribution < 1.29 is 9.47 Å². The molecule has 1 aliphatic rings. The highest BCUT2D eigenvalue weighted by Crippen LogP contribution is 2.30. The minimum atomic E-state index is 0.368. The van der Waals surface area contributed by atoms with Gasteiger partial charge in [-0.25, -0.2) is 0 Å². The van der Waals surface area contributed by atoms with E-state index in [1.165, 1.54) is 25.7 Å². The first kappa shape index (κ1) is 19.5. The molecule has 2 rings (SSSR count). The minimum absolute atomic E-state index is 0.368. The molecule has 0 radical (unpaired) electrons. The van der Waals surface area contributed by atoms with Crippen LogP contribution in [0.25, 0.3) is 0 Å². The highest BCUT2D eigenvalue weighted by Gasteiger charge is 2.24. The van der Waals surface area contributed by atoms with E-state index < -0.39 is 0 Å². The van der Waals surface area contributed by atoms with Crippen molar-refractivity contribution in [1.82, 2.24) is 15.6 Å². The fourth-order valence-electron chi connectivity index (χ4n) is 3.32. The summed E-state index contributed by atoms with van der Waals surface area (Å²) in [6, 6.07) is 3.76. The van der Waals surface area contributed by atoms with E-state index in [0.29, 0.717) is 19.3 Å². The monoisotopic (exact) mass is 348 g/mol. The largest absolute Gasteiger partial charge is 0.490 e. The molecule has 6 nitrogen and oxygen atoms in total. The topological polar surface area (TPSA) is 67.8 Å². The number of aliphatic imine (C=N–C) groups is 1. The van der Waals surface area contributed by atoms with Crippen LogP contribution in [0.15, 0.2) is 29.5 Å². The third kappa shape index (κ3) is 7.30. The zero-order valence-electron chi connectivity index (χ0n) is 15.5. The van der Waals surface area contributed by atoms with Crippen LogP contribution in [0.4, 0.5) is 0 Å². The van der Waals surface area contributed by atoms with Gasteiger partial charge in [-0.3, -0.25) is 9.98 Å². The van der Waals surface area contributed by atoms with Gasteiger partial charge < -0.3 is 20.1 Å². The Labute approximate surface area is 151 Å². The highest BCUT2D eigenvalue weighted by atomic mass is 16.5. The van der Waals surface area contributed by atoms with Crippen molar-refractivity contribution in [3.63, 3.8) is 0 Å². The average Bonchev–Trinajstić information content (AvgIpc) is 3.18. The average molecular weight is 348 g/mol. The molecule has 2 N–H and O–H groups in total. The number of aromatic nitrogens is 1. The van der Waals surface area contributed by atoms with Crippen molar-refractivity contribution in [1.29, 1.82) is 0 Å². The van der Waals surface area contributed by atoms with E-state index in [4.69, 9.17) is 9.47 Å². The maximum absolute atomic E-state index is 5.96. The molecule has 25 heavy (non-hydrogen) atoms. The molecule has 1 unspecified atom stereocenters. The summed E-state index contributed by atoms with van der Waals surface area (Å²) >= 11 is 0. The van der Waals surface area contributed by atoms with Gasteiger partial charge in [0, 0.05) is 26.4 Å². The smallest absolute Gasteiger partial charge is 0.191 e. The number of nitrogens with one attached hydrogen (secondary N) is 2. The quantitative estimate of drug-likeness (QED) is 0.386. The first-order valence-electron chi connectivity index (χ1n) is 9.42. The molecule has 0 amide bonds. The van der Waals surface area contributed by atoms with Gasteiger partial charge in [-0.05, 0) is 44.2 Å². The Hall–Kier alpha value is -1.82. The summed E-state index contributed by atoms with van der Waals surface area (Å²) in [7, 11) is 1.79. The van der Waals surface area contributed by atoms with Gasteiger partial charge in [0.15, 0.2) is 5.96 Å². The Kier molecular flexibility index (Phi) is 9.12. The van der Waals surface area contributed by atoms with Crippen molar-refractivity contribution in [3.8, 4) is 5.75 Å². The lowest BCUT2D eigenvalue weighted by atomic mass is 9.98. The lowest BCUT2D eigenvalue weighted by Gasteiger charge is -2.24. The molecule has 0 aliphatic heterocycles. The second-order valence-corrected chi connectivity index (χ2v) is 6.29. The number of rotatable bonds is 10. The molecule has 0 bridgehead atoms. The third-order valence-electron chi connectivity index (χ3n) is 4.55. The number of pyridine rings is 1. The fourth-order valence-corrected chi connectivity index (χ4v) is 3.32. The van der Waals surface area contributed by atoms with Crippen LogP contribution >= 0.6 is 0 Å². The second-order valence-electron chi connectivity index (χ2n) is 6.29. The summed E-state index contributed by atoms with van der Waals surface area (Å²) in [6.07, 6.45) is 10.1. The van der Waals surface area contributed by atoms with E-state index >= 15 is 0 Å². The van der Waals surface area contributed by atoms with Gasteiger partial charge in [-0.2, -0.15) is 0 Å². The van der Waals surface area contributed by atoms with Crippen LogP contribution in [0.5, 0.6) is 5.75 Å². The van der Waals surface area contributed by atoms with Gasteiger partial charge in [-0.1, -0.05) is 12.8 Å². The Morgan fingerprint density at radius 2 is 2.12 bits per heavy atom. The highest BCUT2D eigenvalue weighted by molar-refractivity contribution is 5.79. The molecule has 1 heterocycles. The Bertz CT molecular complexity index is 489. The zero-order valence-corrected chi connectivity index (χ0v) is 15.5. The molecule has 1 fully saturated rings. The molecular formula is C19H32N4O2. The second kappa shape index (κ2) is 11.7. The number of guanidine groups is 1. The van der Waals surface area contributed by atoms with Gasteiger partial charge in [0.05, 0.1) is 18.8 Å². The lowest BCUT2D eigenvalue weighted by molar-refractivity contribution is 0.0169. The predicted octanol–water partition coefficient (Wildman–Crippen LogP) is 2.61.